The number of imide groups is 1. The topological polar surface area (TPSA) is 146 Å². The number of halogens is 3. The second-order valence-electron chi connectivity index (χ2n) is 7.94. The predicted molar refractivity (Wildman–Crippen MR) is 117 cm³/mol. The summed E-state index contributed by atoms with van der Waals surface area (Å²) < 4.78 is 89.5. The quantitative estimate of drug-likeness (QED) is 0.540. The average Bonchev–Trinajstić information content (AvgIpc) is 3.38. The number of hydrogen-bond acceptors (Lipinski definition) is 7. The molecule has 1 saturated carbocycles. The van der Waals surface area contributed by atoms with Gasteiger partial charge in [0.1, 0.15) is 11.4 Å². The highest BCUT2D eigenvalue weighted by Gasteiger charge is 2.70. The van der Waals surface area contributed by atoms with Crippen molar-refractivity contribution in [1.82, 2.24) is 9.71 Å². The molecule has 2 N–H and O–H groups in total. The van der Waals surface area contributed by atoms with Gasteiger partial charge in [-0.3, -0.25) is 14.4 Å². The van der Waals surface area contributed by atoms with Crippen molar-refractivity contribution in [3.63, 3.8) is 0 Å². The van der Waals surface area contributed by atoms with Crippen LogP contribution in [0.25, 0.3) is 0 Å². The maximum absolute atomic E-state index is 13.4. The fourth-order valence-electron chi connectivity index (χ4n) is 3.94. The Morgan fingerprint density at radius 2 is 1.66 bits per heavy atom. The van der Waals surface area contributed by atoms with Gasteiger partial charge < -0.3 is 0 Å². The first-order valence-corrected chi connectivity index (χ1v) is 12.9. The van der Waals surface area contributed by atoms with E-state index in [1.807, 2.05) is 4.72 Å². The monoisotopic (exact) mass is 533 g/mol. The number of aromatic nitrogens is 1. The number of anilines is 3. The van der Waals surface area contributed by atoms with Crippen LogP contribution in [0.4, 0.5) is 35.2 Å². The maximum Gasteiger partial charge on any atom is 0.501 e. The van der Waals surface area contributed by atoms with Crippen LogP contribution in [0.5, 0.6) is 0 Å². The molecule has 2 aliphatic rings. The zero-order valence-electron chi connectivity index (χ0n) is 18.1. The lowest BCUT2D eigenvalue weighted by Crippen LogP contribution is -2.39. The Labute approximate surface area is 198 Å². The summed E-state index contributed by atoms with van der Waals surface area (Å²) >= 11 is 0. The third-order valence-electron chi connectivity index (χ3n) is 5.85. The molecule has 0 bridgehead atoms. The number of amides is 3. The molecule has 2 fully saturated rings. The van der Waals surface area contributed by atoms with E-state index in [0.29, 0.717) is 12.1 Å². The van der Waals surface area contributed by atoms with E-state index < -0.39 is 47.9 Å². The van der Waals surface area contributed by atoms with Crippen LogP contribution in [0.1, 0.15) is 13.3 Å². The summed E-state index contributed by atoms with van der Waals surface area (Å²) in [7, 11) is -8.34. The summed E-state index contributed by atoms with van der Waals surface area (Å²) in [6, 6.07) is 5.05. The van der Waals surface area contributed by atoms with Gasteiger partial charge in [-0.15, -0.1) is 0 Å². The first kappa shape index (κ1) is 24.9. The predicted octanol–water partition coefficient (Wildman–Crippen LogP) is 2.00. The number of nitrogens with zero attached hydrogens (tertiary/aromatic N) is 3. The van der Waals surface area contributed by atoms with Crippen molar-refractivity contribution in [1.29, 1.82) is 0 Å². The van der Waals surface area contributed by atoms with E-state index in [9.17, 15) is 39.6 Å². The van der Waals surface area contributed by atoms with Gasteiger partial charge in [0.25, 0.3) is 26.0 Å². The van der Waals surface area contributed by atoms with E-state index in [0.717, 1.165) is 17.0 Å². The van der Waals surface area contributed by atoms with Crippen LogP contribution in [0.3, 0.4) is 0 Å². The fourth-order valence-corrected chi connectivity index (χ4v) is 5.19. The van der Waals surface area contributed by atoms with Crippen molar-refractivity contribution in [2.45, 2.75) is 29.3 Å². The Morgan fingerprint density at radius 3 is 2.17 bits per heavy atom. The minimum Gasteiger partial charge on any atom is -0.278 e. The van der Waals surface area contributed by atoms with Crippen LogP contribution in [-0.2, 0) is 24.8 Å². The molecule has 0 radical (unpaired) electrons. The summed E-state index contributed by atoms with van der Waals surface area (Å²) in [6.07, 6.45) is 1.52. The largest absolute Gasteiger partial charge is 0.501 e. The number of pyridine rings is 1. The highest BCUT2D eigenvalue weighted by atomic mass is 32.2. The molecule has 4 rings (SSSR count). The van der Waals surface area contributed by atoms with E-state index in [4.69, 9.17) is 0 Å². The summed E-state index contributed by atoms with van der Waals surface area (Å²) in [5, 5.41) is 0. The van der Waals surface area contributed by atoms with Gasteiger partial charge in [-0.1, -0.05) is 6.92 Å². The second kappa shape index (κ2) is 7.89. The summed E-state index contributed by atoms with van der Waals surface area (Å²) in [4.78, 5) is 31.5. The zero-order chi connectivity index (χ0) is 26.0. The lowest BCUT2D eigenvalue weighted by molar-refractivity contribution is -0.119. The molecule has 2 unspecified atom stereocenters. The molecule has 2 aromatic rings. The van der Waals surface area contributed by atoms with Crippen molar-refractivity contribution < 1.29 is 39.6 Å². The van der Waals surface area contributed by atoms with Gasteiger partial charge in [0.15, 0.2) is 0 Å². The smallest absolute Gasteiger partial charge is 0.278 e. The molecule has 16 heteroatoms. The van der Waals surface area contributed by atoms with E-state index in [-0.39, 0.29) is 29.5 Å². The van der Waals surface area contributed by atoms with E-state index in [1.54, 1.807) is 6.92 Å². The molecule has 1 spiro atoms. The zero-order valence-corrected chi connectivity index (χ0v) is 19.7. The molecule has 1 saturated heterocycles. The van der Waals surface area contributed by atoms with Crippen molar-refractivity contribution in [2.75, 3.05) is 21.6 Å². The first-order chi connectivity index (χ1) is 16.2. The highest BCUT2D eigenvalue weighted by molar-refractivity contribution is 7.92. The molecule has 2 heterocycles. The Hall–Kier alpha value is -3.24. The number of rotatable bonds is 6. The van der Waals surface area contributed by atoms with Crippen molar-refractivity contribution in [3.8, 4) is 0 Å². The number of benzene rings is 1. The minimum absolute atomic E-state index is 0.118. The Kier molecular flexibility index (Phi) is 5.61. The SMILES string of the molecule is CNS(=O)(=O)Nc1cc(N2C(=O)N(c3ccc(S(=O)(=O)C(F)(F)F)cc3)C(=O)C23CC3C)ccn1. The Morgan fingerprint density at radius 1 is 1.06 bits per heavy atom. The third-order valence-corrected chi connectivity index (χ3v) is 8.36. The van der Waals surface area contributed by atoms with E-state index >= 15 is 0 Å². The average molecular weight is 534 g/mol. The number of carbonyl (C=O) groups excluding carboxylic acids is 2. The molecule has 35 heavy (non-hydrogen) atoms. The Balaban J connectivity index is 1.71. The Bertz CT molecular complexity index is 1430. The molecule has 188 valence electrons. The molecule has 11 nitrogen and oxygen atoms in total. The van der Waals surface area contributed by atoms with E-state index in [1.165, 1.54) is 30.3 Å². The van der Waals surface area contributed by atoms with Crippen LogP contribution < -0.4 is 19.2 Å². The third kappa shape index (κ3) is 3.90. The number of carbonyl (C=O) groups is 2. The summed E-state index contributed by atoms with van der Waals surface area (Å²) in [5.74, 6) is -1.05. The van der Waals surface area contributed by atoms with Gasteiger partial charge in [-0.2, -0.15) is 21.6 Å². The lowest BCUT2D eigenvalue weighted by atomic mass is 10.1. The standard InChI is InChI=1S/C19H18F3N5O6S2/c1-11-10-18(11)16(28)26(12-3-5-14(6-4-12)34(30,31)19(20,21)22)17(29)27(18)13-7-8-24-15(9-13)25-35(32,33)23-2/h3-9,11,23H,10H2,1-2H3,(H,24,25). The maximum atomic E-state index is 13.4. The van der Waals surface area contributed by atoms with Crippen LogP contribution in [0.15, 0.2) is 47.5 Å². The van der Waals surface area contributed by atoms with Crippen LogP contribution in [-0.4, -0.2) is 51.9 Å². The molecular formula is C19H18F3N5O6S2. The number of nitrogens with one attached hydrogen (secondary N) is 2. The molecule has 2 atom stereocenters. The van der Waals surface area contributed by atoms with Gasteiger partial charge in [-0.25, -0.2) is 27.8 Å². The summed E-state index contributed by atoms with van der Waals surface area (Å²) in [5.41, 5.74) is -6.75. The number of hydrogen-bond donors (Lipinski definition) is 2. The second-order valence-corrected chi connectivity index (χ2v) is 11.5. The summed E-state index contributed by atoms with van der Waals surface area (Å²) in [6.45, 7) is 1.73. The minimum atomic E-state index is -5.61. The normalized spacial score (nSPS) is 22.7. The van der Waals surface area contributed by atoms with Crippen LogP contribution in [0.2, 0.25) is 0 Å². The number of alkyl halides is 3. The van der Waals surface area contributed by atoms with Gasteiger partial charge >= 0.3 is 11.5 Å². The van der Waals surface area contributed by atoms with Crippen molar-refractivity contribution in [3.05, 3.63) is 42.6 Å². The van der Waals surface area contributed by atoms with E-state index in [2.05, 4.69) is 9.71 Å². The molecule has 1 aliphatic heterocycles. The van der Waals surface area contributed by atoms with Crippen LogP contribution in [0, 0.1) is 5.92 Å². The van der Waals surface area contributed by atoms with Crippen LogP contribution >= 0.6 is 0 Å². The lowest BCUT2D eigenvalue weighted by Gasteiger charge is -2.22. The fraction of sp³-hybridized carbons (Fsp3) is 0.316. The van der Waals surface area contributed by atoms with Gasteiger partial charge in [0, 0.05) is 19.3 Å². The highest BCUT2D eigenvalue weighted by Crippen LogP contribution is 2.55. The number of urea groups is 1. The van der Waals surface area contributed by atoms with Gasteiger partial charge in [0.2, 0.25) is 0 Å². The molecule has 3 amide bonds. The first-order valence-electron chi connectivity index (χ1n) is 9.93. The van der Waals surface area contributed by atoms with Crippen molar-refractivity contribution >= 4 is 49.2 Å². The molecule has 1 aromatic carbocycles. The number of sulfone groups is 1. The van der Waals surface area contributed by atoms with Gasteiger partial charge in [-0.05, 0) is 42.7 Å². The van der Waals surface area contributed by atoms with Crippen molar-refractivity contribution in [2.24, 2.45) is 5.92 Å². The molecule has 1 aromatic heterocycles. The molecular weight excluding hydrogens is 515 g/mol. The van der Waals surface area contributed by atoms with Gasteiger partial charge in [0.05, 0.1) is 16.3 Å². The molecule has 1 aliphatic carbocycles.